The Bertz CT molecular complexity index is 602. The van der Waals surface area contributed by atoms with E-state index in [0.717, 1.165) is 44.6 Å². The fourth-order valence-corrected chi connectivity index (χ4v) is 3.47. The summed E-state index contributed by atoms with van der Waals surface area (Å²) in [6.07, 6.45) is 1.85. The van der Waals surface area contributed by atoms with Gasteiger partial charge >= 0.3 is 0 Å². The van der Waals surface area contributed by atoms with Crippen LogP contribution < -0.4 is 4.72 Å². The number of nitrogens with one attached hydrogen (secondary N) is 1. The molecule has 0 bridgehead atoms. The third-order valence-corrected chi connectivity index (χ3v) is 5.16. The fraction of sp³-hybridized carbons (Fsp3) is 0.571. The summed E-state index contributed by atoms with van der Waals surface area (Å²) in [5, 5.41) is 9.40. The molecule has 0 aliphatic carbocycles. The van der Waals surface area contributed by atoms with E-state index < -0.39 is 21.7 Å². The van der Waals surface area contributed by atoms with Gasteiger partial charge in [0, 0.05) is 19.6 Å². The van der Waals surface area contributed by atoms with Gasteiger partial charge in [0.05, 0.1) is 11.0 Å². The van der Waals surface area contributed by atoms with Crippen molar-refractivity contribution in [1.82, 2.24) is 9.62 Å². The lowest BCUT2D eigenvalue weighted by Crippen LogP contribution is -2.37. The Hall–Kier alpha value is -1.09. The van der Waals surface area contributed by atoms with Gasteiger partial charge in [-0.25, -0.2) is 21.9 Å². The first-order chi connectivity index (χ1) is 10.4. The van der Waals surface area contributed by atoms with Gasteiger partial charge in [-0.2, -0.15) is 0 Å². The number of nitrogens with zero attached hydrogens (tertiary/aromatic N) is 1. The van der Waals surface area contributed by atoms with E-state index in [1.54, 1.807) is 0 Å². The van der Waals surface area contributed by atoms with Crippen LogP contribution in [-0.2, 0) is 10.0 Å². The third kappa shape index (κ3) is 4.70. The molecule has 0 amide bonds. The average molecular weight is 334 g/mol. The summed E-state index contributed by atoms with van der Waals surface area (Å²) in [7, 11) is -3.83. The number of benzene rings is 1. The molecule has 1 saturated heterocycles. The summed E-state index contributed by atoms with van der Waals surface area (Å²) in [4.78, 5) is 1.88. The van der Waals surface area contributed by atoms with E-state index in [-0.39, 0.29) is 17.5 Å². The van der Waals surface area contributed by atoms with E-state index in [0.29, 0.717) is 12.5 Å². The van der Waals surface area contributed by atoms with Crippen LogP contribution in [0.4, 0.5) is 8.78 Å². The van der Waals surface area contributed by atoms with Crippen LogP contribution in [0.5, 0.6) is 0 Å². The number of halogens is 2. The molecule has 2 N–H and O–H groups in total. The molecule has 0 unspecified atom stereocenters. The third-order valence-electron chi connectivity index (χ3n) is 3.70. The number of piperidine rings is 1. The van der Waals surface area contributed by atoms with Crippen molar-refractivity contribution < 1.29 is 22.3 Å². The number of likely N-dealkylation sites (tertiary alicyclic amines) is 1. The Kier molecular flexibility index (Phi) is 5.85. The molecule has 124 valence electrons. The lowest BCUT2D eigenvalue weighted by molar-refractivity contribution is 0.0823. The van der Waals surface area contributed by atoms with Gasteiger partial charge in [-0.05, 0) is 44.0 Å². The maximum absolute atomic E-state index is 13.1. The van der Waals surface area contributed by atoms with Crippen LogP contribution in [0.25, 0.3) is 0 Å². The Balaban J connectivity index is 1.79. The number of hydrogen-bond donors (Lipinski definition) is 2. The zero-order valence-corrected chi connectivity index (χ0v) is 13.0. The van der Waals surface area contributed by atoms with E-state index in [1.165, 1.54) is 0 Å². The topological polar surface area (TPSA) is 69.6 Å². The van der Waals surface area contributed by atoms with E-state index in [4.69, 9.17) is 0 Å². The van der Waals surface area contributed by atoms with Crippen LogP contribution in [-0.4, -0.2) is 50.7 Å². The minimum Gasteiger partial charge on any atom is -0.393 e. The van der Waals surface area contributed by atoms with Gasteiger partial charge in [-0.3, -0.25) is 0 Å². The minimum atomic E-state index is -3.83. The van der Waals surface area contributed by atoms with Crippen molar-refractivity contribution in [2.24, 2.45) is 0 Å². The molecule has 5 nitrogen and oxygen atoms in total. The first kappa shape index (κ1) is 17.3. The van der Waals surface area contributed by atoms with Gasteiger partial charge in [0.15, 0.2) is 11.6 Å². The summed E-state index contributed by atoms with van der Waals surface area (Å²) in [6, 6.07) is 2.50. The Morgan fingerprint density at radius 3 is 2.55 bits per heavy atom. The van der Waals surface area contributed by atoms with Gasteiger partial charge in [0.25, 0.3) is 0 Å². The van der Waals surface area contributed by atoms with E-state index in [9.17, 15) is 22.3 Å². The average Bonchev–Trinajstić information content (AvgIpc) is 2.48. The van der Waals surface area contributed by atoms with Gasteiger partial charge in [0.1, 0.15) is 0 Å². The van der Waals surface area contributed by atoms with Crippen LogP contribution in [0.2, 0.25) is 0 Å². The summed E-state index contributed by atoms with van der Waals surface area (Å²) in [5.41, 5.74) is 0. The number of aliphatic hydroxyl groups is 1. The van der Waals surface area contributed by atoms with Crippen molar-refractivity contribution in [2.75, 3.05) is 26.2 Å². The molecule has 1 aromatic rings. The van der Waals surface area contributed by atoms with Gasteiger partial charge < -0.3 is 10.0 Å². The molecule has 0 aromatic heterocycles. The van der Waals surface area contributed by atoms with E-state index >= 15 is 0 Å². The first-order valence-corrected chi connectivity index (χ1v) is 8.72. The van der Waals surface area contributed by atoms with E-state index in [2.05, 4.69) is 9.62 Å². The quantitative estimate of drug-likeness (QED) is 0.764. The zero-order valence-electron chi connectivity index (χ0n) is 12.1. The van der Waals surface area contributed by atoms with Crippen molar-refractivity contribution in [3.63, 3.8) is 0 Å². The second kappa shape index (κ2) is 7.45. The van der Waals surface area contributed by atoms with Crippen LogP contribution in [0, 0.1) is 11.6 Å². The number of rotatable bonds is 6. The highest BCUT2D eigenvalue weighted by atomic mass is 32.2. The Morgan fingerprint density at radius 2 is 1.91 bits per heavy atom. The SMILES string of the molecule is O=S(=O)(NCCCN1CCC(O)CC1)c1ccc(F)c(F)c1. The standard InChI is InChI=1S/C14H20F2N2O3S/c15-13-3-2-12(10-14(13)16)22(20,21)17-6-1-7-18-8-4-11(19)5-9-18/h2-3,10-11,17,19H,1,4-9H2. The summed E-state index contributed by atoms with van der Waals surface area (Å²) in [6.45, 7) is 2.56. The van der Waals surface area contributed by atoms with Crippen LogP contribution in [0.15, 0.2) is 23.1 Å². The summed E-state index contributed by atoms with van der Waals surface area (Å²) < 4.78 is 52.2. The molecule has 0 radical (unpaired) electrons. The largest absolute Gasteiger partial charge is 0.393 e. The van der Waals surface area contributed by atoms with Crippen LogP contribution in [0.1, 0.15) is 19.3 Å². The second-order valence-electron chi connectivity index (χ2n) is 5.40. The lowest BCUT2D eigenvalue weighted by atomic mass is 10.1. The monoisotopic (exact) mass is 334 g/mol. The molecule has 1 aliphatic heterocycles. The highest BCUT2D eigenvalue weighted by molar-refractivity contribution is 7.89. The van der Waals surface area contributed by atoms with E-state index in [1.807, 2.05) is 0 Å². The molecule has 0 atom stereocenters. The maximum Gasteiger partial charge on any atom is 0.240 e. The number of sulfonamides is 1. The predicted molar refractivity (Wildman–Crippen MR) is 77.8 cm³/mol. The molecular formula is C14H20F2N2O3S. The van der Waals surface area contributed by atoms with Crippen molar-refractivity contribution in [1.29, 1.82) is 0 Å². The molecule has 0 spiro atoms. The summed E-state index contributed by atoms with van der Waals surface area (Å²) >= 11 is 0. The smallest absolute Gasteiger partial charge is 0.240 e. The molecule has 1 aromatic carbocycles. The van der Waals surface area contributed by atoms with Crippen LogP contribution >= 0.6 is 0 Å². The first-order valence-electron chi connectivity index (χ1n) is 7.23. The predicted octanol–water partition coefficient (Wildman–Crippen LogP) is 1.09. The van der Waals surface area contributed by atoms with Gasteiger partial charge in [-0.15, -0.1) is 0 Å². The molecule has 1 aliphatic rings. The van der Waals surface area contributed by atoms with Gasteiger partial charge in [0.2, 0.25) is 10.0 Å². The highest BCUT2D eigenvalue weighted by Crippen LogP contribution is 2.14. The summed E-state index contributed by atoms with van der Waals surface area (Å²) in [5.74, 6) is -2.26. The van der Waals surface area contributed by atoms with Crippen molar-refractivity contribution in [3.05, 3.63) is 29.8 Å². The van der Waals surface area contributed by atoms with Crippen LogP contribution in [0.3, 0.4) is 0 Å². The van der Waals surface area contributed by atoms with Gasteiger partial charge in [-0.1, -0.05) is 0 Å². The molecule has 22 heavy (non-hydrogen) atoms. The fourth-order valence-electron chi connectivity index (χ4n) is 2.38. The molecule has 0 saturated carbocycles. The number of aliphatic hydroxyl groups excluding tert-OH is 1. The Labute approximate surface area is 129 Å². The number of hydrogen-bond acceptors (Lipinski definition) is 4. The van der Waals surface area contributed by atoms with Crippen molar-refractivity contribution in [3.8, 4) is 0 Å². The minimum absolute atomic E-state index is 0.223. The molecule has 1 heterocycles. The molecular weight excluding hydrogens is 314 g/mol. The normalized spacial score (nSPS) is 17.8. The molecule has 8 heteroatoms. The van der Waals surface area contributed by atoms with Crippen molar-refractivity contribution in [2.45, 2.75) is 30.3 Å². The molecule has 1 fully saturated rings. The second-order valence-corrected chi connectivity index (χ2v) is 7.17. The maximum atomic E-state index is 13.1. The lowest BCUT2D eigenvalue weighted by Gasteiger charge is -2.29. The molecule has 2 rings (SSSR count). The highest BCUT2D eigenvalue weighted by Gasteiger charge is 2.18. The zero-order chi connectivity index (χ0) is 16.2. The Morgan fingerprint density at radius 1 is 1.23 bits per heavy atom. The van der Waals surface area contributed by atoms with Crippen molar-refractivity contribution >= 4 is 10.0 Å².